The molecular formula is C28H32ClN3O6S. The van der Waals surface area contributed by atoms with Crippen LogP contribution in [0.5, 0.6) is 11.5 Å². The largest absolute Gasteiger partial charge is 0.497 e. The van der Waals surface area contributed by atoms with Crippen molar-refractivity contribution in [1.82, 2.24) is 10.2 Å². The van der Waals surface area contributed by atoms with Crippen LogP contribution in [0.25, 0.3) is 0 Å². The van der Waals surface area contributed by atoms with E-state index in [0.717, 1.165) is 4.31 Å². The van der Waals surface area contributed by atoms with Gasteiger partial charge in [0.1, 0.15) is 24.1 Å². The van der Waals surface area contributed by atoms with Crippen LogP contribution in [0.1, 0.15) is 18.9 Å². The van der Waals surface area contributed by atoms with Gasteiger partial charge in [0.15, 0.2) is 0 Å². The molecule has 0 bridgehead atoms. The van der Waals surface area contributed by atoms with Crippen molar-refractivity contribution in [3.63, 3.8) is 0 Å². The van der Waals surface area contributed by atoms with Crippen LogP contribution in [0.3, 0.4) is 0 Å². The highest BCUT2D eigenvalue weighted by Crippen LogP contribution is 2.35. The van der Waals surface area contributed by atoms with Gasteiger partial charge in [-0.15, -0.1) is 0 Å². The second-order valence-electron chi connectivity index (χ2n) is 8.55. The van der Waals surface area contributed by atoms with E-state index in [1.165, 1.54) is 50.4 Å². The molecule has 0 saturated carbocycles. The predicted molar refractivity (Wildman–Crippen MR) is 151 cm³/mol. The third-order valence-electron chi connectivity index (χ3n) is 6.14. The van der Waals surface area contributed by atoms with Gasteiger partial charge < -0.3 is 19.7 Å². The summed E-state index contributed by atoms with van der Waals surface area (Å²) in [4.78, 5) is 28.2. The highest BCUT2D eigenvalue weighted by molar-refractivity contribution is 7.92. The van der Waals surface area contributed by atoms with Gasteiger partial charge in [-0.25, -0.2) is 8.42 Å². The van der Waals surface area contributed by atoms with Crippen LogP contribution in [0.15, 0.2) is 77.7 Å². The van der Waals surface area contributed by atoms with Crippen LogP contribution in [0, 0.1) is 0 Å². The number of hydrogen-bond acceptors (Lipinski definition) is 6. The summed E-state index contributed by atoms with van der Waals surface area (Å²) in [6.07, 6.45) is 0.307. The maximum Gasteiger partial charge on any atom is 0.264 e. The zero-order valence-electron chi connectivity index (χ0n) is 22.3. The van der Waals surface area contributed by atoms with Crippen molar-refractivity contribution in [3.8, 4) is 11.5 Å². The van der Waals surface area contributed by atoms with E-state index >= 15 is 0 Å². The minimum Gasteiger partial charge on any atom is -0.497 e. The van der Waals surface area contributed by atoms with E-state index in [9.17, 15) is 18.0 Å². The molecule has 9 nitrogen and oxygen atoms in total. The van der Waals surface area contributed by atoms with Gasteiger partial charge in [0, 0.05) is 18.6 Å². The number of halogens is 1. The van der Waals surface area contributed by atoms with Crippen molar-refractivity contribution in [2.24, 2.45) is 0 Å². The van der Waals surface area contributed by atoms with Crippen molar-refractivity contribution < 1.29 is 27.5 Å². The van der Waals surface area contributed by atoms with Crippen LogP contribution < -0.4 is 19.1 Å². The topological polar surface area (TPSA) is 105 Å². The van der Waals surface area contributed by atoms with Gasteiger partial charge in [-0.3, -0.25) is 13.9 Å². The molecule has 3 rings (SSSR count). The summed E-state index contributed by atoms with van der Waals surface area (Å²) >= 11 is 6.25. The Bertz CT molecular complexity index is 1400. The number of ether oxygens (including phenoxy) is 2. The van der Waals surface area contributed by atoms with Gasteiger partial charge in [0.2, 0.25) is 11.8 Å². The molecule has 208 valence electrons. The average Bonchev–Trinajstić information content (AvgIpc) is 2.95. The molecule has 11 heteroatoms. The highest BCUT2D eigenvalue weighted by atomic mass is 35.5. The number of likely N-dealkylation sites (N-methyl/N-ethyl adjacent to an activating group) is 1. The van der Waals surface area contributed by atoms with Gasteiger partial charge in [-0.05, 0) is 54.4 Å². The zero-order valence-corrected chi connectivity index (χ0v) is 23.8. The number of benzene rings is 3. The molecule has 0 heterocycles. The molecule has 0 radical (unpaired) electrons. The van der Waals surface area contributed by atoms with Crippen LogP contribution in [0.4, 0.5) is 5.69 Å². The maximum absolute atomic E-state index is 14.0. The molecule has 0 aliphatic carbocycles. The molecule has 39 heavy (non-hydrogen) atoms. The number of methoxy groups -OCH3 is 2. The van der Waals surface area contributed by atoms with Crippen LogP contribution >= 0.6 is 11.6 Å². The first-order valence-electron chi connectivity index (χ1n) is 12.2. The summed E-state index contributed by atoms with van der Waals surface area (Å²) in [7, 11) is 0.173. The molecule has 3 aromatic rings. The van der Waals surface area contributed by atoms with Gasteiger partial charge in [0.25, 0.3) is 10.0 Å². The first-order valence-corrected chi connectivity index (χ1v) is 14.0. The second kappa shape index (κ2) is 13.3. The van der Waals surface area contributed by atoms with Crippen molar-refractivity contribution in [1.29, 1.82) is 0 Å². The molecule has 1 atom stereocenters. The number of carbonyl (C=O) groups is 2. The molecule has 0 aromatic heterocycles. The quantitative estimate of drug-likeness (QED) is 0.350. The Hall–Kier alpha value is -3.76. The number of carbonyl (C=O) groups excluding carboxylic acids is 2. The average molecular weight is 574 g/mol. The number of anilines is 1. The summed E-state index contributed by atoms with van der Waals surface area (Å²) < 4.78 is 39.5. The minimum absolute atomic E-state index is 0.0162. The molecule has 0 aliphatic rings. The fraction of sp³-hybridized carbons (Fsp3) is 0.286. The Kier molecular flexibility index (Phi) is 10.2. The Morgan fingerprint density at radius 1 is 0.974 bits per heavy atom. The lowest BCUT2D eigenvalue weighted by molar-refractivity contribution is -0.140. The highest BCUT2D eigenvalue weighted by Gasteiger charge is 2.34. The summed E-state index contributed by atoms with van der Waals surface area (Å²) in [5.41, 5.74) is 0.805. The first kappa shape index (κ1) is 29.8. The fourth-order valence-electron chi connectivity index (χ4n) is 4.14. The summed E-state index contributed by atoms with van der Waals surface area (Å²) in [5, 5.41) is 2.86. The van der Waals surface area contributed by atoms with Gasteiger partial charge in [0.05, 0.1) is 24.8 Å². The molecular weight excluding hydrogens is 542 g/mol. The zero-order chi connectivity index (χ0) is 28.6. The van der Waals surface area contributed by atoms with E-state index in [0.29, 0.717) is 17.7 Å². The first-order chi connectivity index (χ1) is 18.7. The third-order valence-corrected chi connectivity index (χ3v) is 8.15. The number of nitrogens with one attached hydrogen (secondary N) is 1. The SMILES string of the molecule is CC[C@@H](C(=O)NC)N(Cc1cccc(OC)c1)C(=O)CN(c1cc(Cl)ccc1OC)S(=O)(=O)c1ccccc1. The molecule has 0 aliphatic heterocycles. The molecule has 0 fully saturated rings. The standard InChI is InChI=1S/C28H32ClN3O6S/c1-5-24(28(34)30-2)31(18-20-10-9-11-22(16-20)37-3)27(33)19-32(25-17-21(29)14-15-26(25)38-4)39(35,36)23-12-7-6-8-13-23/h6-17,24H,5,18-19H2,1-4H3,(H,30,34)/t24-/m0/s1. The van der Waals surface area contributed by atoms with Crippen molar-refractivity contribution in [2.45, 2.75) is 30.8 Å². The maximum atomic E-state index is 14.0. The fourth-order valence-corrected chi connectivity index (χ4v) is 5.75. The molecule has 2 amide bonds. The smallest absolute Gasteiger partial charge is 0.264 e. The lowest BCUT2D eigenvalue weighted by Crippen LogP contribution is -2.51. The summed E-state index contributed by atoms with van der Waals surface area (Å²) in [6.45, 7) is 1.23. The second-order valence-corrected chi connectivity index (χ2v) is 10.9. The van der Waals surface area contributed by atoms with Gasteiger partial charge >= 0.3 is 0 Å². The van der Waals surface area contributed by atoms with Crippen LogP contribution in [-0.2, 0) is 26.2 Å². The molecule has 0 unspecified atom stereocenters. The van der Waals surface area contributed by atoms with Gasteiger partial charge in [-0.1, -0.05) is 48.9 Å². The number of rotatable bonds is 12. The molecule has 3 aromatic carbocycles. The number of hydrogen-bond donors (Lipinski definition) is 1. The normalized spacial score (nSPS) is 11.8. The van der Waals surface area contributed by atoms with E-state index in [2.05, 4.69) is 5.32 Å². The van der Waals surface area contributed by atoms with E-state index in [1.54, 1.807) is 55.5 Å². The van der Waals surface area contributed by atoms with E-state index < -0.39 is 28.5 Å². The van der Waals surface area contributed by atoms with Gasteiger partial charge in [-0.2, -0.15) is 0 Å². The van der Waals surface area contributed by atoms with E-state index in [-0.39, 0.29) is 33.8 Å². The lowest BCUT2D eigenvalue weighted by Gasteiger charge is -2.33. The van der Waals surface area contributed by atoms with E-state index in [1.807, 2.05) is 0 Å². The Balaban J connectivity index is 2.12. The monoisotopic (exact) mass is 573 g/mol. The molecule has 0 spiro atoms. The number of amides is 2. The lowest BCUT2D eigenvalue weighted by atomic mass is 10.1. The Labute approximate surface area is 234 Å². The number of sulfonamides is 1. The predicted octanol–water partition coefficient (Wildman–Crippen LogP) is 4.11. The summed E-state index contributed by atoms with van der Waals surface area (Å²) in [5.74, 6) is -0.157. The van der Waals surface area contributed by atoms with E-state index in [4.69, 9.17) is 21.1 Å². The van der Waals surface area contributed by atoms with Crippen LogP contribution in [0.2, 0.25) is 5.02 Å². The summed E-state index contributed by atoms with van der Waals surface area (Å²) in [6, 6.07) is 18.5. The van der Waals surface area contributed by atoms with Crippen molar-refractivity contribution in [3.05, 3.63) is 83.4 Å². The minimum atomic E-state index is -4.25. The molecule has 0 saturated heterocycles. The Morgan fingerprint density at radius 2 is 1.69 bits per heavy atom. The number of nitrogens with zero attached hydrogens (tertiary/aromatic N) is 2. The van der Waals surface area contributed by atoms with Crippen molar-refractivity contribution >= 4 is 39.1 Å². The van der Waals surface area contributed by atoms with Crippen molar-refractivity contribution in [2.75, 3.05) is 32.1 Å². The van der Waals surface area contributed by atoms with Crippen LogP contribution in [-0.4, -0.2) is 59.0 Å². The third kappa shape index (κ3) is 7.01. The molecule has 1 N–H and O–H groups in total. The Morgan fingerprint density at radius 3 is 2.31 bits per heavy atom.